The average molecular weight is 520 g/mol. The Hall–Kier alpha value is -4.76. The van der Waals surface area contributed by atoms with E-state index in [1.807, 2.05) is 49.4 Å². The van der Waals surface area contributed by atoms with Crippen LogP contribution in [-0.2, 0) is 19.6 Å². The zero-order chi connectivity index (χ0) is 27.2. The number of carbonyl (C=O) groups excluding carboxylic acids is 1. The van der Waals surface area contributed by atoms with E-state index >= 15 is 0 Å². The lowest BCUT2D eigenvalue weighted by molar-refractivity contribution is 0.111. The molecule has 1 aliphatic heterocycles. The van der Waals surface area contributed by atoms with Crippen LogP contribution in [0.25, 0.3) is 11.1 Å². The molecule has 4 aromatic rings. The van der Waals surface area contributed by atoms with E-state index in [0.29, 0.717) is 48.9 Å². The van der Waals surface area contributed by atoms with Crippen LogP contribution in [0, 0.1) is 18.3 Å². The van der Waals surface area contributed by atoms with E-state index < -0.39 is 0 Å². The molecule has 39 heavy (non-hydrogen) atoms. The molecule has 1 heterocycles. The molecule has 0 aromatic heterocycles. The van der Waals surface area contributed by atoms with Gasteiger partial charge in [0.1, 0.15) is 37.9 Å². The van der Waals surface area contributed by atoms with Crippen molar-refractivity contribution in [2.75, 3.05) is 13.2 Å². The van der Waals surface area contributed by atoms with E-state index in [-0.39, 0.29) is 6.61 Å². The first-order valence-corrected chi connectivity index (χ1v) is 12.9. The molecule has 5 rings (SSSR count). The van der Waals surface area contributed by atoms with Gasteiger partial charge in [-0.25, -0.2) is 0 Å². The van der Waals surface area contributed by atoms with Gasteiger partial charge in [-0.2, -0.15) is 5.26 Å². The molecule has 4 aromatic carbocycles. The first-order valence-electron chi connectivity index (χ1n) is 12.9. The number of aldehydes is 1. The summed E-state index contributed by atoms with van der Waals surface area (Å²) >= 11 is 0. The highest BCUT2D eigenvalue weighted by Gasteiger charge is 2.16. The average Bonchev–Trinajstić information content (AvgIpc) is 2.99. The van der Waals surface area contributed by atoms with E-state index in [4.69, 9.17) is 24.2 Å². The van der Waals surface area contributed by atoms with Crippen molar-refractivity contribution in [1.82, 2.24) is 0 Å². The summed E-state index contributed by atoms with van der Waals surface area (Å²) in [5.74, 6) is 2.65. The van der Waals surface area contributed by atoms with Gasteiger partial charge in [-0.1, -0.05) is 43.3 Å². The third kappa shape index (κ3) is 5.73. The lowest BCUT2D eigenvalue weighted by atomic mass is 9.96. The fourth-order valence-electron chi connectivity index (χ4n) is 4.66. The minimum Gasteiger partial charge on any atom is -0.488 e. The molecule has 0 spiro atoms. The number of hydrogen-bond donors (Lipinski definition) is 0. The second-order valence-electron chi connectivity index (χ2n) is 9.31. The van der Waals surface area contributed by atoms with Crippen molar-refractivity contribution in [3.63, 3.8) is 0 Å². The minimum atomic E-state index is 0.234. The van der Waals surface area contributed by atoms with Gasteiger partial charge in [-0.3, -0.25) is 4.79 Å². The summed E-state index contributed by atoms with van der Waals surface area (Å²) in [6.07, 6.45) is 1.50. The van der Waals surface area contributed by atoms with Crippen molar-refractivity contribution < 1.29 is 23.7 Å². The molecule has 0 bridgehead atoms. The maximum absolute atomic E-state index is 11.8. The lowest BCUT2D eigenvalue weighted by Gasteiger charge is -2.20. The molecule has 0 unspecified atom stereocenters. The van der Waals surface area contributed by atoms with E-state index in [0.717, 1.165) is 51.2 Å². The van der Waals surface area contributed by atoms with Crippen molar-refractivity contribution in [3.05, 3.63) is 106 Å². The summed E-state index contributed by atoms with van der Waals surface area (Å²) in [6, 6.07) is 25.1. The van der Waals surface area contributed by atoms with Crippen LogP contribution in [0.3, 0.4) is 0 Å². The number of rotatable bonds is 9. The SMILES string of the molecule is CCc1cc(C=O)c(OCc2cccc(C#N)c2)cc1OCc1cccc(-c2ccc3c(c2)OCCO3)c1C. The predicted molar refractivity (Wildman–Crippen MR) is 149 cm³/mol. The number of ether oxygens (including phenoxy) is 4. The zero-order valence-corrected chi connectivity index (χ0v) is 22.0. The molecule has 0 radical (unpaired) electrons. The third-order valence-electron chi connectivity index (χ3n) is 6.83. The predicted octanol–water partition coefficient (Wildman–Crippen LogP) is 6.84. The smallest absolute Gasteiger partial charge is 0.161 e. The molecule has 0 N–H and O–H groups in total. The summed E-state index contributed by atoms with van der Waals surface area (Å²) < 4.78 is 23.8. The van der Waals surface area contributed by atoms with Crippen LogP contribution >= 0.6 is 0 Å². The highest BCUT2D eigenvalue weighted by molar-refractivity contribution is 5.80. The summed E-state index contributed by atoms with van der Waals surface area (Å²) in [4.78, 5) is 11.8. The molecular weight excluding hydrogens is 490 g/mol. The maximum Gasteiger partial charge on any atom is 0.161 e. The number of hydrogen-bond acceptors (Lipinski definition) is 6. The van der Waals surface area contributed by atoms with Gasteiger partial charge in [-0.15, -0.1) is 0 Å². The molecule has 0 amide bonds. The molecule has 0 saturated heterocycles. The Balaban J connectivity index is 1.37. The largest absolute Gasteiger partial charge is 0.488 e. The normalized spacial score (nSPS) is 11.9. The van der Waals surface area contributed by atoms with Crippen LogP contribution < -0.4 is 18.9 Å². The highest BCUT2D eigenvalue weighted by atomic mass is 16.6. The molecule has 1 aliphatic rings. The van der Waals surface area contributed by atoms with Gasteiger partial charge in [0.25, 0.3) is 0 Å². The Bertz CT molecular complexity index is 1550. The standard InChI is InChI=1S/C33H29NO5/c1-3-25-15-28(19-35)32(38-20-24-7-4-6-23(14-24)18-34)17-31(25)39-21-27-8-5-9-29(22(27)2)26-10-11-30-33(16-26)37-13-12-36-30/h4-11,14-17,19H,3,12-13,20-21H2,1-2H3. The molecule has 0 saturated carbocycles. The van der Waals surface area contributed by atoms with Crippen molar-refractivity contribution in [2.24, 2.45) is 0 Å². The Morgan fingerprint density at radius 1 is 0.872 bits per heavy atom. The van der Waals surface area contributed by atoms with Crippen LogP contribution in [0.5, 0.6) is 23.0 Å². The monoisotopic (exact) mass is 519 g/mol. The van der Waals surface area contributed by atoms with Gasteiger partial charge in [0.15, 0.2) is 17.8 Å². The Labute approximate surface area is 228 Å². The second kappa shape index (κ2) is 11.7. The van der Waals surface area contributed by atoms with Crippen LogP contribution in [0.2, 0.25) is 0 Å². The molecule has 0 aliphatic carbocycles. The van der Waals surface area contributed by atoms with Crippen molar-refractivity contribution in [2.45, 2.75) is 33.5 Å². The van der Waals surface area contributed by atoms with Gasteiger partial charge in [0.05, 0.1) is 17.2 Å². The van der Waals surface area contributed by atoms with Crippen LogP contribution in [0.15, 0.2) is 72.8 Å². The van der Waals surface area contributed by atoms with Gasteiger partial charge in [0.2, 0.25) is 0 Å². The number of benzene rings is 4. The van der Waals surface area contributed by atoms with Crippen molar-refractivity contribution in [3.8, 4) is 40.2 Å². The van der Waals surface area contributed by atoms with Gasteiger partial charge in [0, 0.05) is 6.07 Å². The third-order valence-corrected chi connectivity index (χ3v) is 6.83. The van der Waals surface area contributed by atoms with Crippen molar-refractivity contribution in [1.29, 1.82) is 5.26 Å². The first kappa shape index (κ1) is 25.9. The number of nitriles is 1. The topological polar surface area (TPSA) is 77.8 Å². The Morgan fingerprint density at radius 2 is 1.67 bits per heavy atom. The van der Waals surface area contributed by atoms with Gasteiger partial charge >= 0.3 is 0 Å². The zero-order valence-electron chi connectivity index (χ0n) is 22.0. The summed E-state index contributed by atoms with van der Waals surface area (Å²) in [5, 5.41) is 9.16. The fraction of sp³-hybridized carbons (Fsp3) is 0.212. The molecule has 6 nitrogen and oxygen atoms in total. The van der Waals surface area contributed by atoms with E-state index in [2.05, 4.69) is 25.1 Å². The minimum absolute atomic E-state index is 0.234. The number of carbonyl (C=O) groups is 1. The second-order valence-corrected chi connectivity index (χ2v) is 9.31. The van der Waals surface area contributed by atoms with E-state index in [1.54, 1.807) is 18.2 Å². The summed E-state index contributed by atoms with van der Waals surface area (Å²) in [7, 11) is 0. The first-order chi connectivity index (χ1) is 19.1. The van der Waals surface area contributed by atoms with Gasteiger partial charge in [-0.05, 0) is 77.1 Å². The number of fused-ring (bicyclic) bond motifs is 1. The van der Waals surface area contributed by atoms with E-state index in [1.165, 1.54) is 0 Å². The van der Waals surface area contributed by atoms with Crippen molar-refractivity contribution >= 4 is 6.29 Å². The van der Waals surface area contributed by atoms with Crippen LogP contribution in [0.4, 0.5) is 0 Å². The highest BCUT2D eigenvalue weighted by Crippen LogP contribution is 2.36. The van der Waals surface area contributed by atoms with Gasteiger partial charge < -0.3 is 18.9 Å². The number of aryl methyl sites for hydroxylation is 1. The number of nitrogens with zero attached hydrogens (tertiary/aromatic N) is 1. The Kier molecular flexibility index (Phi) is 7.79. The Morgan fingerprint density at radius 3 is 2.46 bits per heavy atom. The lowest BCUT2D eigenvalue weighted by Crippen LogP contribution is -2.15. The van der Waals surface area contributed by atoms with E-state index in [9.17, 15) is 4.79 Å². The molecule has 196 valence electrons. The fourth-order valence-corrected chi connectivity index (χ4v) is 4.66. The quantitative estimate of drug-likeness (QED) is 0.225. The molecular formula is C33H29NO5. The summed E-state index contributed by atoms with van der Waals surface area (Å²) in [5.41, 5.74) is 7.13. The maximum atomic E-state index is 11.8. The molecule has 6 heteroatoms. The molecule has 0 fully saturated rings. The molecule has 0 atom stereocenters. The van der Waals surface area contributed by atoms with Crippen LogP contribution in [-0.4, -0.2) is 19.5 Å². The summed E-state index contributed by atoms with van der Waals surface area (Å²) in [6.45, 7) is 5.82. The van der Waals surface area contributed by atoms with Crippen LogP contribution in [0.1, 0.15) is 45.1 Å².